The van der Waals surface area contributed by atoms with E-state index in [0.29, 0.717) is 5.92 Å². The van der Waals surface area contributed by atoms with E-state index in [0.717, 1.165) is 13.1 Å². The van der Waals surface area contributed by atoms with Gasteiger partial charge in [-0.3, -0.25) is 0 Å². The fourth-order valence-corrected chi connectivity index (χ4v) is 2.85. The molecule has 2 N–H and O–H groups in total. The van der Waals surface area contributed by atoms with Crippen molar-refractivity contribution in [3.8, 4) is 0 Å². The maximum Gasteiger partial charge on any atom is 0.212 e. The molecule has 1 rings (SSSR count). The van der Waals surface area contributed by atoms with Gasteiger partial charge in [-0.2, -0.15) is 0 Å². The van der Waals surface area contributed by atoms with Gasteiger partial charge in [-0.05, 0) is 19.8 Å². The second-order valence-corrected chi connectivity index (χ2v) is 5.38. The maximum atomic E-state index is 11.3. The summed E-state index contributed by atoms with van der Waals surface area (Å²) in [6.45, 7) is 5.32. The van der Waals surface area contributed by atoms with Crippen LogP contribution in [-0.2, 0) is 10.0 Å². The van der Waals surface area contributed by atoms with Gasteiger partial charge in [0.05, 0.1) is 5.75 Å². The van der Waals surface area contributed by atoms with Crippen molar-refractivity contribution in [1.82, 2.24) is 10.0 Å². The molecule has 12 heavy (non-hydrogen) atoms. The molecular formula is C7H16N2O2S. The Bertz CT molecular complexity index is 232. The Morgan fingerprint density at radius 3 is 2.42 bits per heavy atom. The average Bonchev–Trinajstić information content (AvgIpc) is 1.76. The highest BCUT2D eigenvalue weighted by Gasteiger charge is 2.24. The van der Waals surface area contributed by atoms with Crippen LogP contribution in [0.25, 0.3) is 0 Å². The smallest absolute Gasteiger partial charge is 0.212 e. The second-order valence-electron chi connectivity index (χ2n) is 3.58. The van der Waals surface area contributed by atoms with E-state index in [4.69, 9.17) is 0 Å². The van der Waals surface area contributed by atoms with E-state index >= 15 is 0 Å². The van der Waals surface area contributed by atoms with E-state index in [-0.39, 0.29) is 11.8 Å². The van der Waals surface area contributed by atoms with E-state index in [1.807, 2.05) is 13.8 Å². The predicted molar refractivity (Wildman–Crippen MR) is 48.4 cm³/mol. The molecule has 0 aromatic carbocycles. The lowest BCUT2D eigenvalue weighted by atomic mass is 10.1. The van der Waals surface area contributed by atoms with Crippen LogP contribution in [0.2, 0.25) is 0 Å². The third kappa shape index (κ3) is 3.08. The SMILES string of the molecule is CC(C)NS(=O)(=O)CC1CNC1. The summed E-state index contributed by atoms with van der Waals surface area (Å²) in [6, 6.07) is 0.00281. The average molecular weight is 192 g/mol. The Hall–Kier alpha value is -0.130. The van der Waals surface area contributed by atoms with Crippen LogP contribution in [0.1, 0.15) is 13.8 Å². The molecule has 1 aliphatic rings. The third-order valence-corrected chi connectivity index (χ3v) is 3.48. The zero-order valence-corrected chi connectivity index (χ0v) is 8.32. The van der Waals surface area contributed by atoms with E-state index in [1.54, 1.807) is 0 Å². The first kappa shape index (κ1) is 9.95. The lowest BCUT2D eigenvalue weighted by molar-refractivity contribution is 0.377. The quantitative estimate of drug-likeness (QED) is 0.633. The van der Waals surface area contributed by atoms with Gasteiger partial charge in [0.15, 0.2) is 0 Å². The highest BCUT2D eigenvalue weighted by atomic mass is 32.2. The van der Waals surface area contributed by atoms with E-state index in [9.17, 15) is 8.42 Å². The van der Waals surface area contributed by atoms with Crippen LogP contribution in [0.4, 0.5) is 0 Å². The zero-order chi connectivity index (χ0) is 9.19. The summed E-state index contributed by atoms with van der Waals surface area (Å²) < 4.78 is 25.2. The topological polar surface area (TPSA) is 58.2 Å². The number of hydrogen-bond acceptors (Lipinski definition) is 3. The first-order valence-corrected chi connectivity index (χ1v) is 5.85. The van der Waals surface area contributed by atoms with Gasteiger partial charge in [0.25, 0.3) is 0 Å². The first-order valence-electron chi connectivity index (χ1n) is 4.20. The molecule has 1 saturated heterocycles. The van der Waals surface area contributed by atoms with Crippen molar-refractivity contribution in [2.24, 2.45) is 5.92 Å². The molecule has 1 heterocycles. The second kappa shape index (κ2) is 3.72. The number of rotatable bonds is 4. The molecule has 0 aliphatic carbocycles. The highest BCUT2D eigenvalue weighted by molar-refractivity contribution is 7.89. The lowest BCUT2D eigenvalue weighted by Crippen LogP contribution is -2.48. The minimum atomic E-state index is -3.03. The Morgan fingerprint density at radius 1 is 1.50 bits per heavy atom. The van der Waals surface area contributed by atoms with Crippen molar-refractivity contribution in [3.63, 3.8) is 0 Å². The molecule has 0 amide bonds. The van der Waals surface area contributed by atoms with Crippen LogP contribution in [0, 0.1) is 5.92 Å². The van der Waals surface area contributed by atoms with Gasteiger partial charge >= 0.3 is 0 Å². The van der Waals surface area contributed by atoms with Gasteiger partial charge in [-0.15, -0.1) is 0 Å². The van der Waals surface area contributed by atoms with Gasteiger partial charge in [0, 0.05) is 19.1 Å². The van der Waals surface area contributed by atoms with Crippen molar-refractivity contribution in [3.05, 3.63) is 0 Å². The molecule has 1 fully saturated rings. The van der Waals surface area contributed by atoms with Crippen molar-refractivity contribution >= 4 is 10.0 Å². The van der Waals surface area contributed by atoms with Crippen molar-refractivity contribution in [1.29, 1.82) is 0 Å². The lowest BCUT2D eigenvalue weighted by Gasteiger charge is -2.27. The van der Waals surface area contributed by atoms with E-state index < -0.39 is 10.0 Å². The Labute approximate surface area is 73.8 Å². The summed E-state index contributed by atoms with van der Waals surface area (Å²) >= 11 is 0. The minimum Gasteiger partial charge on any atom is -0.316 e. The molecule has 0 aromatic heterocycles. The number of hydrogen-bond donors (Lipinski definition) is 2. The molecule has 0 radical (unpaired) electrons. The van der Waals surface area contributed by atoms with Crippen molar-refractivity contribution in [2.75, 3.05) is 18.8 Å². The Kier molecular flexibility index (Phi) is 3.09. The fraction of sp³-hybridized carbons (Fsp3) is 1.00. The zero-order valence-electron chi connectivity index (χ0n) is 7.50. The molecule has 0 bridgehead atoms. The molecule has 0 atom stereocenters. The molecule has 5 heteroatoms. The van der Waals surface area contributed by atoms with Crippen LogP contribution in [0.3, 0.4) is 0 Å². The molecule has 0 unspecified atom stereocenters. The normalized spacial score (nSPS) is 19.6. The van der Waals surface area contributed by atoms with Gasteiger partial charge in [0.1, 0.15) is 0 Å². The van der Waals surface area contributed by atoms with E-state index in [1.165, 1.54) is 0 Å². The molecule has 0 saturated carbocycles. The minimum absolute atomic E-state index is 0.00281. The standard InChI is InChI=1S/C7H16N2O2S/c1-6(2)9-12(10,11)5-7-3-8-4-7/h6-9H,3-5H2,1-2H3. The van der Waals surface area contributed by atoms with Crippen LogP contribution < -0.4 is 10.0 Å². The van der Waals surface area contributed by atoms with Crippen molar-refractivity contribution < 1.29 is 8.42 Å². The summed E-state index contributed by atoms with van der Waals surface area (Å²) in [5, 5.41) is 3.04. The molecule has 4 nitrogen and oxygen atoms in total. The predicted octanol–water partition coefficient (Wildman–Crippen LogP) is -0.466. The molecule has 0 aromatic rings. The molecular weight excluding hydrogens is 176 g/mol. The first-order chi connectivity index (χ1) is 5.49. The summed E-state index contributed by atoms with van der Waals surface area (Å²) in [7, 11) is -3.03. The fourth-order valence-electron chi connectivity index (χ4n) is 1.18. The van der Waals surface area contributed by atoms with Crippen LogP contribution in [0.5, 0.6) is 0 Å². The summed E-state index contributed by atoms with van der Waals surface area (Å²) in [6.07, 6.45) is 0. The van der Waals surface area contributed by atoms with Crippen LogP contribution in [-0.4, -0.2) is 33.3 Å². The molecule has 0 spiro atoms. The largest absolute Gasteiger partial charge is 0.316 e. The van der Waals surface area contributed by atoms with E-state index in [2.05, 4.69) is 10.0 Å². The third-order valence-electron chi connectivity index (χ3n) is 1.74. The van der Waals surface area contributed by atoms with Crippen LogP contribution >= 0.6 is 0 Å². The molecule has 1 aliphatic heterocycles. The summed E-state index contributed by atoms with van der Waals surface area (Å²) in [5.74, 6) is 0.569. The molecule has 72 valence electrons. The monoisotopic (exact) mass is 192 g/mol. The van der Waals surface area contributed by atoms with Crippen molar-refractivity contribution in [2.45, 2.75) is 19.9 Å². The van der Waals surface area contributed by atoms with Gasteiger partial charge in [-0.25, -0.2) is 13.1 Å². The highest BCUT2D eigenvalue weighted by Crippen LogP contribution is 2.05. The summed E-state index contributed by atoms with van der Waals surface area (Å²) in [4.78, 5) is 0. The van der Waals surface area contributed by atoms with Gasteiger partial charge in [0.2, 0.25) is 10.0 Å². The van der Waals surface area contributed by atoms with Gasteiger partial charge in [-0.1, -0.05) is 0 Å². The Balaban J connectivity index is 2.37. The Morgan fingerprint density at radius 2 is 2.08 bits per heavy atom. The van der Waals surface area contributed by atoms with Crippen LogP contribution in [0.15, 0.2) is 0 Å². The maximum absolute atomic E-state index is 11.3. The number of sulfonamides is 1. The van der Waals surface area contributed by atoms with Gasteiger partial charge < -0.3 is 5.32 Å². The summed E-state index contributed by atoms with van der Waals surface area (Å²) in [5.41, 5.74) is 0. The number of nitrogens with one attached hydrogen (secondary N) is 2.